The monoisotopic (exact) mass is 483 g/mol. The van der Waals surface area contributed by atoms with Crippen LogP contribution < -0.4 is 10.2 Å². The number of hydrogen-bond donors (Lipinski definition) is 1. The maximum Gasteiger partial charge on any atom is 0.249 e. The molecule has 2 amide bonds. The molecule has 0 aliphatic carbocycles. The Bertz CT molecular complexity index is 1320. The van der Waals surface area contributed by atoms with Crippen LogP contribution in [0.3, 0.4) is 0 Å². The lowest BCUT2D eigenvalue weighted by Gasteiger charge is -2.25. The van der Waals surface area contributed by atoms with Gasteiger partial charge in [-0.05, 0) is 36.2 Å². The molecule has 0 unspecified atom stereocenters. The van der Waals surface area contributed by atoms with E-state index in [1.54, 1.807) is 19.1 Å². The molecule has 0 aliphatic heterocycles. The average molecular weight is 484 g/mol. The maximum atomic E-state index is 13.5. The van der Waals surface area contributed by atoms with Crippen LogP contribution in [0.5, 0.6) is 0 Å². The highest BCUT2D eigenvalue weighted by Crippen LogP contribution is 2.26. The molecule has 0 saturated heterocycles. The maximum absolute atomic E-state index is 13.5. The van der Waals surface area contributed by atoms with Crippen molar-refractivity contribution in [2.24, 2.45) is 0 Å². The van der Waals surface area contributed by atoms with Crippen molar-refractivity contribution in [3.63, 3.8) is 0 Å². The molecule has 1 aromatic heterocycles. The van der Waals surface area contributed by atoms with Gasteiger partial charge < -0.3 is 19.5 Å². The Morgan fingerprint density at radius 2 is 1.58 bits per heavy atom. The summed E-state index contributed by atoms with van der Waals surface area (Å²) in [5.74, 6) is -0.332. The molecule has 0 bridgehead atoms. The lowest BCUT2D eigenvalue weighted by atomic mass is 10.0. The van der Waals surface area contributed by atoms with Crippen molar-refractivity contribution >= 4 is 28.4 Å². The summed E-state index contributed by atoms with van der Waals surface area (Å²) in [6.45, 7) is 3.33. The fourth-order valence-electron chi connectivity index (χ4n) is 4.66. The van der Waals surface area contributed by atoms with Crippen LogP contribution in [-0.4, -0.2) is 43.2 Å². The van der Waals surface area contributed by atoms with Crippen LogP contribution >= 0.6 is 0 Å². The van der Waals surface area contributed by atoms with E-state index in [0.717, 1.165) is 33.4 Å². The third kappa shape index (κ3) is 5.66. The van der Waals surface area contributed by atoms with E-state index in [4.69, 9.17) is 4.74 Å². The number of fused-ring (bicyclic) bond motifs is 1. The van der Waals surface area contributed by atoms with E-state index >= 15 is 0 Å². The number of anilines is 1. The van der Waals surface area contributed by atoms with Crippen LogP contribution in [0.4, 0.5) is 5.69 Å². The van der Waals surface area contributed by atoms with E-state index in [9.17, 15) is 9.59 Å². The number of carbonyl (C=O) groups is 2. The third-order valence-electron chi connectivity index (χ3n) is 6.61. The first-order chi connectivity index (χ1) is 17.5. The summed E-state index contributed by atoms with van der Waals surface area (Å²) in [6.07, 6.45) is 0.608. The molecule has 1 atom stereocenters. The van der Waals surface area contributed by atoms with Crippen LogP contribution in [-0.2, 0) is 33.7 Å². The summed E-state index contributed by atoms with van der Waals surface area (Å²) in [5, 5.41) is 4.09. The van der Waals surface area contributed by atoms with Gasteiger partial charge in [-0.15, -0.1) is 0 Å². The van der Waals surface area contributed by atoms with Gasteiger partial charge in [0.15, 0.2) is 0 Å². The molecule has 1 heterocycles. The number of benzene rings is 3. The van der Waals surface area contributed by atoms with Gasteiger partial charge in [0.25, 0.3) is 0 Å². The number of para-hydroxylation sites is 2. The topological polar surface area (TPSA) is 63.6 Å². The summed E-state index contributed by atoms with van der Waals surface area (Å²) in [7, 11) is 3.43. The largest absolute Gasteiger partial charge is 0.383 e. The Kier molecular flexibility index (Phi) is 8.18. The van der Waals surface area contributed by atoms with Crippen LogP contribution in [0, 0.1) is 6.92 Å². The first-order valence-electron chi connectivity index (χ1n) is 12.2. The van der Waals surface area contributed by atoms with Gasteiger partial charge >= 0.3 is 0 Å². The first kappa shape index (κ1) is 25.2. The van der Waals surface area contributed by atoms with Gasteiger partial charge in [-0.3, -0.25) is 9.59 Å². The van der Waals surface area contributed by atoms with Gasteiger partial charge in [0.2, 0.25) is 11.8 Å². The molecule has 0 saturated carbocycles. The zero-order chi connectivity index (χ0) is 25.5. The highest BCUT2D eigenvalue weighted by molar-refractivity contribution is 5.99. The molecule has 4 rings (SSSR count). The van der Waals surface area contributed by atoms with Crippen molar-refractivity contribution in [2.75, 3.05) is 25.7 Å². The minimum absolute atomic E-state index is 0.155. The van der Waals surface area contributed by atoms with Gasteiger partial charge in [0.05, 0.1) is 13.0 Å². The minimum Gasteiger partial charge on any atom is -0.383 e. The second-order valence-corrected chi connectivity index (χ2v) is 8.94. The summed E-state index contributed by atoms with van der Waals surface area (Å²) in [5.41, 5.74) is 4.87. The second-order valence-electron chi connectivity index (χ2n) is 8.94. The third-order valence-corrected chi connectivity index (χ3v) is 6.61. The Morgan fingerprint density at radius 1 is 0.944 bits per heavy atom. The van der Waals surface area contributed by atoms with Crippen molar-refractivity contribution in [2.45, 2.75) is 32.4 Å². The van der Waals surface area contributed by atoms with E-state index < -0.39 is 6.04 Å². The zero-order valence-electron chi connectivity index (χ0n) is 21.1. The number of likely N-dealkylation sites (N-methyl/N-ethyl adjacent to an activating group) is 1. The highest BCUT2D eigenvalue weighted by Gasteiger charge is 2.26. The SMILES string of the molecule is COCCn1c(C)c(CC(=O)N[C@@H](Cc2ccccc2)C(=O)N(C)c2ccccc2)c2ccccc21. The van der Waals surface area contributed by atoms with Gasteiger partial charge in [-0.25, -0.2) is 0 Å². The van der Waals surface area contributed by atoms with Gasteiger partial charge in [0.1, 0.15) is 6.04 Å². The molecule has 186 valence electrons. The molecule has 4 aromatic rings. The second kappa shape index (κ2) is 11.7. The van der Waals surface area contributed by atoms with E-state index in [1.165, 1.54) is 0 Å². The van der Waals surface area contributed by atoms with Crippen molar-refractivity contribution < 1.29 is 14.3 Å². The molecule has 0 fully saturated rings. The fourth-order valence-corrected chi connectivity index (χ4v) is 4.66. The standard InChI is InChI=1S/C30H33N3O3/c1-22-26(25-16-10-11-17-28(25)33(22)18-19-36-3)21-29(34)31-27(20-23-12-6-4-7-13-23)30(35)32(2)24-14-8-5-9-15-24/h4-17,27H,18-21H2,1-3H3,(H,31,34)/t27-/m0/s1. The number of carbonyl (C=O) groups excluding carboxylic acids is 2. The highest BCUT2D eigenvalue weighted by atomic mass is 16.5. The van der Waals surface area contributed by atoms with Crippen molar-refractivity contribution in [3.05, 3.63) is 102 Å². The molecular formula is C30H33N3O3. The lowest BCUT2D eigenvalue weighted by molar-refractivity contribution is -0.127. The minimum atomic E-state index is -0.688. The smallest absolute Gasteiger partial charge is 0.249 e. The summed E-state index contributed by atoms with van der Waals surface area (Å²) in [4.78, 5) is 28.5. The van der Waals surface area contributed by atoms with Gasteiger partial charge in [-0.2, -0.15) is 0 Å². The van der Waals surface area contributed by atoms with Gasteiger partial charge in [-0.1, -0.05) is 66.7 Å². The lowest BCUT2D eigenvalue weighted by Crippen LogP contribution is -2.49. The van der Waals surface area contributed by atoms with E-state index in [0.29, 0.717) is 19.6 Å². The van der Waals surface area contributed by atoms with Crippen molar-refractivity contribution in [3.8, 4) is 0 Å². The zero-order valence-corrected chi connectivity index (χ0v) is 21.1. The quantitative estimate of drug-likeness (QED) is 0.361. The van der Waals surface area contributed by atoms with Gasteiger partial charge in [0, 0.05) is 49.4 Å². The summed E-state index contributed by atoms with van der Waals surface area (Å²) >= 11 is 0. The summed E-state index contributed by atoms with van der Waals surface area (Å²) in [6, 6.07) is 26.7. The molecule has 0 radical (unpaired) electrons. The predicted octanol–water partition coefficient (Wildman–Crippen LogP) is 4.53. The van der Waals surface area contributed by atoms with E-state index in [2.05, 4.69) is 16.0 Å². The van der Waals surface area contributed by atoms with Crippen LogP contribution in [0.15, 0.2) is 84.9 Å². The molecule has 3 aromatic carbocycles. The Labute approximate surface area is 212 Å². The van der Waals surface area contributed by atoms with E-state index in [1.807, 2.05) is 85.8 Å². The molecular weight excluding hydrogens is 450 g/mol. The Morgan fingerprint density at radius 3 is 2.28 bits per heavy atom. The predicted molar refractivity (Wildman–Crippen MR) is 144 cm³/mol. The summed E-state index contributed by atoms with van der Waals surface area (Å²) < 4.78 is 7.48. The number of rotatable bonds is 10. The average Bonchev–Trinajstić information content (AvgIpc) is 3.17. The number of nitrogens with zero attached hydrogens (tertiary/aromatic N) is 2. The molecule has 0 spiro atoms. The van der Waals surface area contributed by atoms with E-state index in [-0.39, 0.29) is 18.2 Å². The Balaban J connectivity index is 1.58. The molecule has 0 aliphatic rings. The molecule has 6 heteroatoms. The number of hydrogen-bond acceptors (Lipinski definition) is 3. The number of methoxy groups -OCH3 is 1. The molecule has 1 N–H and O–H groups in total. The molecule has 36 heavy (non-hydrogen) atoms. The fraction of sp³-hybridized carbons (Fsp3) is 0.267. The van der Waals surface area contributed by atoms with Crippen molar-refractivity contribution in [1.82, 2.24) is 9.88 Å². The first-order valence-corrected chi connectivity index (χ1v) is 12.2. The number of ether oxygens (including phenoxy) is 1. The normalized spacial score (nSPS) is 11.9. The van der Waals surface area contributed by atoms with Crippen LogP contribution in [0.2, 0.25) is 0 Å². The number of amides is 2. The molecule has 6 nitrogen and oxygen atoms in total. The Hall–Kier alpha value is -3.90. The van der Waals surface area contributed by atoms with Crippen molar-refractivity contribution in [1.29, 1.82) is 0 Å². The number of aromatic nitrogens is 1. The van der Waals surface area contributed by atoms with Crippen LogP contribution in [0.25, 0.3) is 10.9 Å². The van der Waals surface area contributed by atoms with Crippen LogP contribution in [0.1, 0.15) is 16.8 Å². The number of nitrogens with one attached hydrogen (secondary N) is 1.